The molecule has 0 atom stereocenters. The van der Waals surface area contributed by atoms with Gasteiger partial charge < -0.3 is 9.47 Å². The number of carbonyl (C=O) groups excluding carboxylic acids is 1. The van der Waals surface area contributed by atoms with E-state index in [0.29, 0.717) is 31.5 Å². The van der Waals surface area contributed by atoms with E-state index in [1.807, 2.05) is 12.1 Å². The molecule has 2 heterocycles. The molecule has 1 fully saturated rings. The number of benzene rings is 2. The number of hydrogen-bond donors (Lipinski definition) is 0. The summed E-state index contributed by atoms with van der Waals surface area (Å²) < 4.78 is 40.0. The molecule has 3 aromatic rings. The Kier molecular flexibility index (Phi) is 5.38. The Balaban J connectivity index is 1.42. The van der Waals surface area contributed by atoms with Crippen LogP contribution >= 0.6 is 0 Å². The molecule has 0 radical (unpaired) electrons. The minimum atomic E-state index is -3.58. The van der Waals surface area contributed by atoms with E-state index in [9.17, 15) is 17.6 Å². The van der Waals surface area contributed by atoms with Gasteiger partial charge in [-0.2, -0.15) is 0 Å². The van der Waals surface area contributed by atoms with Gasteiger partial charge in [0.15, 0.2) is 0 Å². The largest absolute Gasteiger partial charge is 0.339 e. The van der Waals surface area contributed by atoms with E-state index in [1.165, 1.54) is 23.0 Å². The molecule has 9 heteroatoms. The van der Waals surface area contributed by atoms with Crippen LogP contribution in [0.25, 0.3) is 11.1 Å². The van der Waals surface area contributed by atoms with Crippen LogP contribution in [-0.4, -0.2) is 52.3 Å². The summed E-state index contributed by atoms with van der Waals surface area (Å²) in [6.45, 7) is 0.723. The van der Waals surface area contributed by atoms with Crippen molar-refractivity contribution in [2.24, 2.45) is 7.05 Å². The maximum Gasteiger partial charge on any atom is 0.253 e. The summed E-state index contributed by atoms with van der Waals surface area (Å²) in [4.78, 5) is 14.5. The molecule has 7 nitrogen and oxygen atoms in total. The lowest BCUT2D eigenvalue weighted by Gasteiger charge is -2.31. The first-order chi connectivity index (χ1) is 14.4. The van der Waals surface area contributed by atoms with Gasteiger partial charge in [-0.15, -0.1) is 10.2 Å². The third kappa shape index (κ3) is 3.85. The van der Waals surface area contributed by atoms with Crippen molar-refractivity contribution in [2.45, 2.75) is 23.2 Å². The summed E-state index contributed by atoms with van der Waals surface area (Å²) in [5, 5.41) is 6.76. The second-order valence-electron chi connectivity index (χ2n) is 7.35. The number of hydrogen-bond acceptors (Lipinski definition) is 5. The lowest BCUT2D eigenvalue weighted by Crippen LogP contribution is -2.42. The van der Waals surface area contributed by atoms with Crippen molar-refractivity contribution in [2.75, 3.05) is 13.1 Å². The predicted octanol–water partition coefficient (Wildman–Crippen LogP) is 2.70. The summed E-state index contributed by atoms with van der Waals surface area (Å²) in [6, 6.07) is 13.3. The summed E-state index contributed by atoms with van der Waals surface area (Å²) in [6.07, 6.45) is 2.07. The number of likely N-dealkylation sites (tertiary alicyclic amines) is 1. The van der Waals surface area contributed by atoms with Crippen molar-refractivity contribution in [3.05, 3.63) is 66.2 Å². The number of aromatic nitrogens is 3. The van der Waals surface area contributed by atoms with Gasteiger partial charge in [0.1, 0.15) is 12.1 Å². The van der Waals surface area contributed by atoms with E-state index in [2.05, 4.69) is 10.2 Å². The minimum absolute atomic E-state index is 0.0383. The van der Waals surface area contributed by atoms with Gasteiger partial charge in [0, 0.05) is 25.7 Å². The molecule has 2 aromatic carbocycles. The highest BCUT2D eigenvalue weighted by Crippen LogP contribution is 2.25. The van der Waals surface area contributed by atoms with E-state index in [-0.39, 0.29) is 16.9 Å². The van der Waals surface area contributed by atoms with Gasteiger partial charge in [-0.25, -0.2) is 12.8 Å². The Labute approximate surface area is 174 Å². The summed E-state index contributed by atoms with van der Waals surface area (Å²) in [5.74, 6) is -0.426. The first-order valence-electron chi connectivity index (χ1n) is 9.59. The zero-order chi connectivity index (χ0) is 21.3. The van der Waals surface area contributed by atoms with Crippen molar-refractivity contribution in [3.63, 3.8) is 0 Å². The highest BCUT2D eigenvalue weighted by atomic mass is 32.2. The molecule has 1 aliphatic heterocycles. The van der Waals surface area contributed by atoms with Crippen LogP contribution in [0.15, 0.2) is 60.0 Å². The van der Waals surface area contributed by atoms with Crippen molar-refractivity contribution in [3.8, 4) is 11.1 Å². The first-order valence-corrected chi connectivity index (χ1v) is 11.1. The quantitative estimate of drug-likeness (QED) is 0.638. The van der Waals surface area contributed by atoms with Gasteiger partial charge in [-0.3, -0.25) is 4.79 Å². The van der Waals surface area contributed by atoms with Crippen LogP contribution in [0.5, 0.6) is 0 Å². The average Bonchev–Trinajstić information content (AvgIpc) is 3.21. The van der Waals surface area contributed by atoms with Crippen molar-refractivity contribution >= 4 is 15.7 Å². The molecular weight excluding hydrogens is 407 g/mol. The molecule has 0 aliphatic carbocycles. The summed E-state index contributed by atoms with van der Waals surface area (Å²) >= 11 is 0. The Bertz CT molecular complexity index is 1150. The number of nitrogens with zero attached hydrogens (tertiary/aromatic N) is 4. The molecule has 30 heavy (non-hydrogen) atoms. The average molecular weight is 428 g/mol. The number of sulfone groups is 1. The molecule has 156 valence electrons. The Morgan fingerprint density at radius 3 is 2.10 bits per heavy atom. The standard InChI is InChI=1S/C21H21FN4O3S/c1-25-14-23-24-21(25)30(28,29)19-10-12-26(13-11-19)20(27)17-4-2-15(3-5-17)16-6-8-18(22)9-7-16/h2-9,14,19H,10-13H2,1H3. The third-order valence-corrected chi connectivity index (χ3v) is 7.63. The molecule has 1 aromatic heterocycles. The van der Waals surface area contributed by atoms with Crippen LogP contribution in [-0.2, 0) is 16.9 Å². The van der Waals surface area contributed by atoms with Crippen molar-refractivity contribution in [1.82, 2.24) is 19.7 Å². The van der Waals surface area contributed by atoms with Gasteiger partial charge >= 0.3 is 0 Å². The van der Waals surface area contributed by atoms with E-state index in [1.54, 1.807) is 36.2 Å². The number of amides is 1. The highest BCUT2D eigenvalue weighted by molar-refractivity contribution is 7.91. The van der Waals surface area contributed by atoms with Gasteiger partial charge in [-0.05, 0) is 48.2 Å². The highest BCUT2D eigenvalue weighted by Gasteiger charge is 2.35. The van der Waals surface area contributed by atoms with Gasteiger partial charge in [0.05, 0.1) is 5.25 Å². The van der Waals surface area contributed by atoms with E-state index >= 15 is 0 Å². The van der Waals surface area contributed by atoms with Gasteiger partial charge in [0.25, 0.3) is 5.91 Å². The van der Waals surface area contributed by atoms with Crippen LogP contribution < -0.4 is 0 Å². The van der Waals surface area contributed by atoms with Gasteiger partial charge in [0.2, 0.25) is 15.0 Å². The second-order valence-corrected chi connectivity index (χ2v) is 9.47. The maximum absolute atomic E-state index is 13.1. The third-order valence-electron chi connectivity index (χ3n) is 5.40. The molecule has 0 N–H and O–H groups in total. The Morgan fingerprint density at radius 1 is 1.00 bits per heavy atom. The lowest BCUT2D eigenvalue weighted by atomic mass is 10.0. The fourth-order valence-corrected chi connectivity index (χ4v) is 5.42. The smallest absolute Gasteiger partial charge is 0.253 e. The topological polar surface area (TPSA) is 85.2 Å². The molecule has 1 aliphatic rings. The van der Waals surface area contributed by atoms with Crippen LogP contribution in [0.4, 0.5) is 4.39 Å². The molecule has 0 saturated carbocycles. The number of aryl methyl sites for hydroxylation is 1. The zero-order valence-corrected chi connectivity index (χ0v) is 17.2. The molecule has 4 rings (SSSR count). The first kappa shape index (κ1) is 20.2. The number of halogens is 1. The molecule has 1 saturated heterocycles. The normalized spacial score (nSPS) is 15.3. The fourth-order valence-electron chi connectivity index (χ4n) is 3.68. The zero-order valence-electron chi connectivity index (χ0n) is 16.4. The van der Waals surface area contributed by atoms with Crippen LogP contribution in [0.2, 0.25) is 0 Å². The molecule has 0 bridgehead atoms. The van der Waals surface area contributed by atoms with Crippen LogP contribution in [0.3, 0.4) is 0 Å². The summed E-state index contributed by atoms with van der Waals surface area (Å²) in [7, 11) is -1.98. The van der Waals surface area contributed by atoms with E-state index in [4.69, 9.17) is 0 Å². The SMILES string of the molecule is Cn1cnnc1S(=O)(=O)C1CCN(C(=O)c2ccc(-c3ccc(F)cc3)cc2)CC1. The Morgan fingerprint density at radius 2 is 1.57 bits per heavy atom. The van der Waals surface area contributed by atoms with Crippen molar-refractivity contribution < 1.29 is 17.6 Å². The van der Waals surface area contributed by atoms with Gasteiger partial charge in [-0.1, -0.05) is 24.3 Å². The van der Waals surface area contributed by atoms with Crippen molar-refractivity contribution in [1.29, 1.82) is 0 Å². The summed E-state index contributed by atoms with van der Waals surface area (Å²) in [5.41, 5.74) is 2.29. The number of rotatable bonds is 4. The van der Waals surface area contributed by atoms with E-state index in [0.717, 1.165) is 11.1 Å². The molecule has 1 amide bonds. The van der Waals surface area contributed by atoms with Crippen LogP contribution in [0, 0.1) is 5.82 Å². The van der Waals surface area contributed by atoms with E-state index < -0.39 is 15.1 Å². The molecular formula is C21H21FN4O3S. The number of carbonyl (C=O) groups is 1. The Hall–Kier alpha value is -3.07. The minimum Gasteiger partial charge on any atom is -0.339 e. The maximum atomic E-state index is 13.1. The number of piperidine rings is 1. The fraction of sp³-hybridized carbons (Fsp3) is 0.286. The lowest BCUT2D eigenvalue weighted by molar-refractivity contribution is 0.0725. The monoisotopic (exact) mass is 428 g/mol. The predicted molar refractivity (Wildman–Crippen MR) is 109 cm³/mol. The molecule has 0 spiro atoms. The second kappa shape index (κ2) is 7.98. The van der Waals surface area contributed by atoms with Crippen LogP contribution in [0.1, 0.15) is 23.2 Å². The molecule has 0 unspecified atom stereocenters.